The van der Waals surface area contributed by atoms with Gasteiger partial charge in [0.1, 0.15) is 27.6 Å². The Balaban J connectivity index is 1.89. The van der Waals surface area contributed by atoms with Crippen molar-refractivity contribution in [3.63, 3.8) is 0 Å². The molecule has 0 amide bonds. The van der Waals surface area contributed by atoms with Crippen molar-refractivity contribution in [2.75, 3.05) is 19.0 Å². The van der Waals surface area contributed by atoms with Crippen molar-refractivity contribution in [3.8, 4) is 5.75 Å². The minimum absolute atomic E-state index is 0.318. The number of carbonyl (C=O) groups excluding carboxylic acids is 1. The van der Waals surface area contributed by atoms with Gasteiger partial charge >= 0.3 is 5.97 Å². The van der Waals surface area contributed by atoms with Crippen molar-refractivity contribution in [2.24, 2.45) is 0 Å². The van der Waals surface area contributed by atoms with E-state index in [-0.39, 0.29) is 5.97 Å². The Labute approximate surface area is 149 Å². The minimum atomic E-state index is -0.318. The monoisotopic (exact) mass is 357 g/mol. The Hall–Kier alpha value is -2.67. The highest BCUT2D eigenvalue weighted by atomic mass is 32.1. The van der Waals surface area contributed by atoms with Crippen LogP contribution in [0.3, 0.4) is 0 Å². The Morgan fingerprint density at radius 1 is 1.32 bits per heavy atom. The van der Waals surface area contributed by atoms with Crippen molar-refractivity contribution in [2.45, 2.75) is 20.4 Å². The Bertz CT molecular complexity index is 908. The van der Waals surface area contributed by atoms with Crippen molar-refractivity contribution in [1.82, 2.24) is 9.97 Å². The van der Waals surface area contributed by atoms with Crippen LogP contribution in [-0.2, 0) is 11.3 Å². The first-order chi connectivity index (χ1) is 12.1. The van der Waals surface area contributed by atoms with E-state index < -0.39 is 0 Å². The molecule has 1 N–H and O–H groups in total. The van der Waals surface area contributed by atoms with Gasteiger partial charge < -0.3 is 14.8 Å². The number of esters is 1. The average molecular weight is 357 g/mol. The predicted molar refractivity (Wildman–Crippen MR) is 98.4 cm³/mol. The molecule has 0 atom stereocenters. The molecule has 3 rings (SSSR count). The lowest BCUT2D eigenvalue weighted by Gasteiger charge is -2.08. The zero-order valence-electron chi connectivity index (χ0n) is 14.3. The number of carbonyl (C=O) groups is 1. The second-order valence-corrected chi connectivity index (χ2v) is 6.38. The summed E-state index contributed by atoms with van der Waals surface area (Å²) in [6.45, 7) is 4.62. The number of aromatic nitrogens is 2. The van der Waals surface area contributed by atoms with E-state index in [2.05, 4.69) is 15.3 Å². The van der Waals surface area contributed by atoms with E-state index in [4.69, 9.17) is 9.47 Å². The highest BCUT2D eigenvalue weighted by Crippen LogP contribution is 2.33. The first-order valence-electron chi connectivity index (χ1n) is 7.92. The SMILES string of the molecule is CCOC(=O)c1sc2ncnc(NCc3cccc(OC)c3)c2c1C. The van der Waals surface area contributed by atoms with Crippen LogP contribution in [0.1, 0.15) is 27.7 Å². The number of anilines is 1. The van der Waals surface area contributed by atoms with Gasteiger partial charge in [-0.15, -0.1) is 11.3 Å². The lowest BCUT2D eigenvalue weighted by Crippen LogP contribution is -2.04. The summed E-state index contributed by atoms with van der Waals surface area (Å²) < 4.78 is 10.4. The van der Waals surface area contributed by atoms with Crippen LogP contribution in [0.2, 0.25) is 0 Å². The van der Waals surface area contributed by atoms with Crippen LogP contribution in [0.5, 0.6) is 5.75 Å². The molecule has 2 aromatic heterocycles. The number of fused-ring (bicyclic) bond motifs is 1. The molecule has 0 unspecified atom stereocenters. The normalized spacial score (nSPS) is 10.7. The standard InChI is InChI=1S/C18H19N3O3S/c1-4-24-18(22)15-11(2)14-16(20-10-21-17(14)25-15)19-9-12-6-5-7-13(8-12)23-3/h5-8,10H,4,9H2,1-3H3,(H,19,20,21). The van der Waals surface area contributed by atoms with Crippen LogP contribution in [0.4, 0.5) is 5.82 Å². The Kier molecular flexibility index (Phi) is 5.14. The third-order valence-electron chi connectivity index (χ3n) is 3.78. The molecule has 1 aromatic carbocycles. The molecular weight excluding hydrogens is 338 g/mol. The maximum atomic E-state index is 12.1. The predicted octanol–water partition coefficient (Wildman–Crippen LogP) is 3.80. The number of nitrogens with zero attached hydrogens (tertiary/aromatic N) is 2. The van der Waals surface area contributed by atoms with Crippen LogP contribution < -0.4 is 10.1 Å². The number of thiophene rings is 1. The fraction of sp³-hybridized carbons (Fsp3) is 0.278. The van der Waals surface area contributed by atoms with E-state index >= 15 is 0 Å². The first-order valence-corrected chi connectivity index (χ1v) is 8.73. The largest absolute Gasteiger partial charge is 0.497 e. The quantitative estimate of drug-likeness (QED) is 0.677. The molecule has 25 heavy (non-hydrogen) atoms. The van der Waals surface area contributed by atoms with Gasteiger partial charge in [0, 0.05) is 6.54 Å². The minimum Gasteiger partial charge on any atom is -0.497 e. The molecular formula is C18H19N3O3S. The second kappa shape index (κ2) is 7.48. The number of benzene rings is 1. The zero-order valence-corrected chi connectivity index (χ0v) is 15.1. The van der Waals surface area contributed by atoms with E-state index in [0.29, 0.717) is 23.8 Å². The van der Waals surface area contributed by atoms with E-state index in [1.165, 1.54) is 17.7 Å². The molecule has 0 spiro atoms. The highest BCUT2D eigenvalue weighted by Gasteiger charge is 2.20. The van der Waals surface area contributed by atoms with Crippen LogP contribution in [0, 0.1) is 6.92 Å². The summed E-state index contributed by atoms with van der Waals surface area (Å²) in [7, 11) is 1.64. The van der Waals surface area contributed by atoms with Crippen LogP contribution >= 0.6 is 11.3 Å². The summed E-state index contributed by atoms with van der Waals surface area (Å²) in [5.41, 5.74) is 1.91. The van der Waals surface area contributed by atoms with Crippen molar-refractivity contribution in [3.05, 3.63) is 46.6 Å². The number of ether oxygens (including phenoxy) is 2. The van der Waals surface area contributed by atoms with Gasteiger partial charge in [0.25, 0.3) is 0 Å². The molecule has 0 fully saturated rings. The van der Waals surface area contributed by atoms with E-state index in [0.717, 1.165) is 27.1 Å². The third kappa shape index (κ3) is 3.56. The van der Waals surface area contributed by atoms with Crippen LogP contribution in [0.15, 0.2) is 30.6 Å². The summed E-state index contributed by atoms with van der Waals surface area (Å²) in [6, 6.07) is 7.83. The number of methoxy groups -OCH3 is 1. The molecule has 0 bridgehead atoms. The summed E-state index contributed by atoms with van der Waals surface area (Å²) in [5.74, 6) is 1.20. The topological polar surface area (TPSA) is 73.3 Å². The smallest absolute Gasteiger partial charge is 0.348 e. The van der Waals surface area contributed by atoms with Gasteiger partial charge in [-0.05, 0) is 37.1 Å². The van der Waals surface area contributed by atoms with Gasteiger partial charge in [-0.2, -0.15) is 0 Å². The summed E-state index contributed by atoms with van der Waals surface area (Å²) >= 11 is 1.33. The van der Waals surface area contributed by atoms with E-state index in [9.17, 15) is 4.79 Å². The molecule has 0 saturated carbocycles. The number of rotatable bonds is 6. The number of nitrogens with one attached hydrogen (secondary N) is 1. The molecule has 0 radical (unpaired) electrons. The molecule has 3 aromatic rings. The summed E-state index contributed by atoms with van der Waals surface area (Å²) in [4.78, 5) is 22.1. The number of hydrogen-bond donors (Lipinski definition) is 1. The Morgan fingerprint density at radius 2 is 2.16 bits per heavy atom. The molecule has 0 aliphatic carbocycles. The average Bonchev–Trinajstić information content (AvgIpc) is 2.98. The van der Waals surface area contributed by atoms with Gasteiger partial charge in [-0.1, -0.05) is 12.1 Å². The molecule has 7 heteroatoms. The number of hydrogen-bond acceptors (Lipinski definition) is 7. The maximum absolute atomic E-state index is 12.1. The third-order valence-corrected chi connectivity index (χ3v) is 4.96. The molecule has 130 valence electrons. The van der Waals surface area contributed by atoms with Crippen LogP contribution in [0.25, 0.3) is 10.2 Å². The first kappa shape index (κ1) is 17.2. The lowest BCUT2D eigenvalue weighted by atomic mass is 10.2. The molecule has 6 nitrogen and oxygen atoms in total. The zero-order chi connectivity index (χ0) is 17.8. The van der Waals surface area contributed by atoms with Crippen molar-refractivity contribution >= 4 is 33.3 Å². The molecule has 0 saturated heterocycles. The molecule has 0 aliphatic rings. The molecule has 2 heterocycles. The highest BCUT2D eigenvalue weighted by molar-refractivity contribution is 7.20. The number of aryl methyl sites for hydroxylation is 1. The van der Waals surface area contributed by atoms with E-state index in [1.807, 2.05) is 31.2 Å². The summed E-state index contributed by atoms with van der Waals surface area (Å²) in [5, 5.41) is 4.19. The van der Waals surface area contributed by atoms with Gasteiger partial charge in [0.15, 0.2) is 0 Å². The van der Waals surface area contributed by atoms with Gasteiger partial charge in [-0.3, -0.25) is 0 Å². The maximum Gasteiger partial charge on any atom is 0.348 e. The van der Waals surface area contributed by atoms with Crippen molar-refractivity contribution in [1.29, 1.82) is 0 Å². The van der Waals surface area contributed by atoms with Crippen LogP contribution in [-0.4, -0.2) is 29.7 Å². The second-order valence-electron chi connectivity index (χ2n) is 5.38. The molecule has 0 aliphatic heterocycles. The van der Waals surface area contributed by atoms with E-state index in [1.54, 1.807) is 14.0 Å². The fourth-order valence-electron chi connectivity index (χ4n) is 2.57. The Morgan fingerprint density at radius 3 is 2.92 bits per heavy atom. The fourth-order valence-corrected chi connectivity index (χ4v) is 3.61. The summed E-state index contributed by atoms with van der Waals surface area (Å²) in [6.07, 6.45) is 1.50. The van der Waals surface area contributed by atoms with Gasteiger partial charge in [-0.25, -0.2) is 14.8 Å². The van der Waals surface area contributed by atoms with Gasteiger partial charge in [0.2, 0.25) is 0 Å². The van der Waals surface area contributed by atoms with Crippen molar-refractivity contribution < 1.29 is 14.3 Å². The lowest BCUT2D eigenvalue weighted by molar-refractivity contribution is 0.0531. The van der Waals surface area contributed by atoms with Gasteiger partial charge in [0.05, 0.1) is 19.1 Å².